The highest BCUT2D eigenvalue weighted by Gasteiger charge is 2.39. The van der Waals surface area contributed by atoms with Crippen molar-refractivity contribution in [2.45, 2.75) is 58.1 Å². The van der Waals surface area contributed by atoms with Crippen molar-refractivity contribution in [1.82, 2.24) is 10.4 Å². The summed E-state index contributed by atoms with van der Waals surface area (Å²) in [5, 5.41) is 0. The van der Waals surface area contributed by atoms with Crippen LogP contribution in [0, 0.1) is 5.41 Å². The highest BCUT2D eigenvalue weighted by atomic mass is 16.5. The Morgan fingerprint density at radius 2 is 2.20 bits per heavy atom. The molecule has 1 aromatic heterocycles. The molecule has 0 saturated carbocycles. The van der Waals surface area contributed by atoms with Gasteiger partial charge in [-0.2, -0.15) is 0 Å². The molecule has 4 heteroatoms. The molecule has 0 spiro atoms. The summed E-state index contributed by atoms with van der Waals surface area (Å²) < 4.78 is 5.77. The monoisotopic (exact) mass is 277 g/mol. The van der Waals surface area contributed by atoms with Gasteiger partial charge in [0.2, 0.25) is 0 Å². The van der Waals surface area contributed by atoms with Crippen molar-refractivity contribution in [2.75, 3.05) is 7.11 Å². The molecular formula is C16H27N3O. The summed E-state index contributed by atoms with van der Waals surface area (Å²) in [5.74, 6) is 6.19. The first kappa shape index (κ1) is 15.4. The van der Waals surface area contributed by atoms with E-state index in [9.17, 15) is 0 Å². The van der Waals surface area contributed by atoms with Crippen molar-refractivity contribution in [3.05, 3.63) is 29.6 Å². The highest BCUT2D eigenvalue weighted by molar-refractivity contribution is 5.28. The Morgan fingerprint density at radius 3 is 2.80 bits per heavy atom. The Hall–Kier alpha value is -0.970. The molecule has 4 nitrogen and oxygen atoms in total. The second kappa shape index (κ2) is 6.20. The van der Waals surface area contributed by atoms with Crippen LogP contribution < -0.4 is 11.3 Å². The molecule has 0 radical (unpaired) electrons. The van der Waals surface area contributed by atoms with Gasteiger partial charge in [0.15, 0.2) is 0 Å². The highest BCUT2D eigenvalue weighted by Crippen LogP contribution is 2.37. The van der Waals surface area contributed by atoms with E-state index in [4.69, 9.17) is 10.6 Å². The fourth-order valence-corrected chi connectivity index (χ4v) is 3.45. The van der Waals surface area contributed by atoms with Gasteiger partial charge in [0.25, 0.3) is 0 Å². The van der Waals surface area contributed by atoms with Crippen LogP contribution in [0.4, 0.5) is 0 Å². The van der Waals surface area contributed by atoms with E-state index in [1.54, 1.807) is 7.11 Å². The van der Waals surface area contributed by atoms with Gasteiger partial charge >= 0.3 is 0 Å². The van der Waals surface area contributed by atoms with Crippen LogP contribution in [0.2, 0.25) is 0 Å². The molecule has 112 valence electrons. The minimum absolute atomic E-state index is 0.0260. The van der Waals surface area contributed by atoms with Gasteiger partial charge in [-0.15, -0.1) is 0 Å². The summed E-state index contributed by atoms with van der Waals surface area (Å²) in [7, 11) is 1.77. The van der Waals surface area contributed by atoms with Crippen LogP contribution in [-0.2, 0) is 11.2 Å². The lowest BCUT2D eigenvalue weighted by Gasteiger charge is -2.41. The van der Waals surface area contributed by atoms with Crippen molar-refractivity contribution in [3.63, 3.8) is 0 Å². The predicted octanol–water partition coefficient (Wildman–Crippen LogP) is 2.39. The van der Waals surface area contributed by atoms with E-state index in [-0.39, 0.29) is 17.6 Å². The average Bonchev–Trinajstić information content (AvgIpc) is 2.42. The van der Waals surface area contributed by atoms with Gasteiger partial charge in [0.05, 0.1) is 12.1 Å². The summed E-state index contributed by atoms with van der Waals surface area (Å²) in [4.78, 5) is 4.62. The molecule has 0 saturated heterocycles. The lowest BCUT2D eigenvalue weighted by Crippen LogP contribution is -2.54. The van der Waals surface area contributed by atoms with Crippen molar-refractivity contribution in [2.24, 2.45) is 11.3 Å². The zero-order valence-corrected chi connectivity index (χ0v) is 13.0. The first-order valence-corrected chi connectivity index (χ1v) is 7.41. The zero-order valence-electron chi connectivity index (χ0n) is 13.0. The molecular weight excluding hydrogens is 250 g/mol. The summed E-state index contributed by atoms with van der Waals surface area (Å²) >= 11 is 0. The van der Waals surface area contributed by atoms with Gasteiger partial charge in [-0.05, 0) is 36.3 Å². The van der Waals surface area contributed by atoms with Gasteiger partial charge < -0.3 is 4.74 Å². The Kier molecular flexibility index (Phi) is 4.78. The Balaban J connectivity index is 2.33. The summed E-state index contributed by atoms with van der Waals surface area (Å²) in [6, 6.07) is 4.28. The lowest BCUT2D eigenvalue weighted by atomic mass is 9.74. The number of nitrogens with one attached hydrogen (secondary N) is 1. The number of fused-ring (bicyclic) bond motifs is 1. The molecule has 1 aliphatic rings. The summed E-state index contributed by atoms with van der Waals surface area (Å²) in [5.41, 5.74) is 5.57. The molecule has 1 heterocycles. The maximum atomic E-state index is 5.88. The number of rotatable bonds is 4. The number of nitrogens with zero attached hydrogens (tertiary/aromatic N) is 1. The molecule has 3 unspecified atom stereocenters. The number of aromatic nitrogens is 1. The number of ether oxygens (including phenoxy) is 1. The maximum absolute atomic E-state index is 5.88. The Labute approximate surface area is 122 Å². The van der Waals surface area contributed by atoms with E-state index in [0.717, 1.165) is 12.8 Å². The van der Waals surface area contributed by atoms with E-state index < -0.39 is 0 Å². The minimum Gasteiger partial charge on any atom is -0.379 e. The Bertz CT molecular complexity index is 442. The van der Waals surface area contributed by atoms with Gasteiger partial charge in [0, 0.05) is 24.9 Å². The molecule has 20 heavy (non-hydrogen) atoms. The topological polar surface area (TPSA) is 60.2 Å². The molecule has 0 aliphatic heterocycles. The van der Waals surface area contributed by atoms with E-state index >= 15 is 0 Å². The molecule has 1 aliphatic carbocycles. The third kappa shape index (κ3) is 3.03. The van der Waals surface area contributed by atoms with E-state index in [2.05, 4.69) is 37.2 Å². The van der Waals surface area contributed by atoms with Crippen LogP contribution in [0.3, 0.4) is 0 Å². The number of hydrogen-bond acceptors (Lipinski definition) is 4. The second-order valence-electron chi connectivity index (χ2n) is 6.76. The van der Waals surface area contributed by atoms with Crippen LogP contribution in [0.15, 0.2) is 18.3 Å². The van der Waals surface area contributed by atoms with E-state index in [1.807, 2.05) is 12.3 Å². The molecule has 0 amide bonds. The molecule has 2 rings (SSSR count). The van der Waals surface area contributed by atoms with Crippen molar-refractivity contribution in [1.29, 1.82) is 0 Å². The van der Waals surface area contributed by atoms with Crippen molar-refractivity contribution >= 4 is 0 Å². The third-order valence-electron chi connectivity index (χ3n) is 4.30. The molecule has 0 aromatic carbocycles. The second-order valence-corrected chi connectivity index (χ2v) is 6.76. The van der Waals surface area contributed by atoms with E-state index in [1.165, 1.54) is 17.7 Å². The van der Waals surface area contributed by atoms with Crippen molar-refractivity contribution < 1.29 is 4.74 Å². The number of pyridine rings is 1. The quantitative estimate of drug-likeness (QED) is 0.655. The molecule has 1 aromatic rings. The van der Waals surface area contributed by atoms with Crippen LogP contribution in [-0.4, -0.2) is 24.2 Å². The Morgan fingerprint density at radius 1 is 1.45 bits per heavy atom. The average molecular weight is 277 g/mol. The largest absolute Gasteiger partial charge is 0.379 e. The number of hydrogen-bond donors (Lipinski definition) is 2. The smallest absolute Gasteiger partial charge is 0.0792 e. The molecule has 0 fully saturated rings. The first-order valence-electron chi connectivity index (χ1n) is 7.41. The number of methoxy groups -OCH3 is 1. The first-order chi connectivity index (χ1) is 9.49. The fourth-order valence-electron chi connectivity index (χ4n) is 3.45. The standard InChI is InChI=1S/C16H27N3O/c1-16(2,3)15(20-4)14(19-17)12-9-5-7-11-8-6-10-18-13(11)12/h6,8,10,12,14-15,19H,5,7,9,17H2,1-4H3. The van der Waals surface area contributed by atoms with Gasteiger partial charge in [-0.1, -0.05) is 26.8 Å². The van der Waals surface area contributed by atoms with Crippen LogP contribution in [0.5, 0.6) is 0 Å². The van der Waals surface area contributed by atoms with Crippen LogP contribution >= 0.6 is 0 Å². The number of hydrazine groups is 1. The van der Waals surface area contributed by atoms with Gasteiger partial charge in [-0.3, -0.25) is 16.3 Å². The predicted molar refractivity (Wildman–Crippen MR) is 81.3 cm³/mol. The third-order valence-corrected chi connectivity index (χ3v) is 4.30. The molecule has 3 atom stereocenters. The number of aryl methyl sites for hydroxylation is 1. The zero-order chi connectivity index (χ0) is 14.8. The maximum Gasteiger partial charge on any atom is 0.0792 e. The normalized spacial score (nSPS) is 22.1. The van der Waals surface area contributed by atoms with Crippen LogP contribution in [0.1, 0.15) is 50.8 Å². The van der Waals surface area contributed by atoms with Crippen LogP contribution in [0.25, 0.3) is 0 Å². The van der Waals surface area contributed by atoms with Gasteiger partial charge in [-0.25, -0.2) is 0 Å². The minimum atomic E-state index is 0.0260. The van der Waals surface area contributed by atoms with Gasteiger partial charge in [0.1, 0.15) is 0 Å². The molecule has 3 N–H and O–H groups in total. The van der Waals surface area contributed by atoms with Crippen molar-refractivity contribution in [3.8, 4) is 0 Å². The fraction of sp³-hybridized carbons (Fsp3) is 0.688. The number of nitrogens with two attached hydrogens (primary N) is 1. The molecule has 0 bridgehead atoms. The summed E-state index contributed by atoms with van der Waals surface area (Å²) in [6.45, 7) is 6.56. The summed E-state index contributed by atoms with van der Waals surface area (Å²) in [6.07, 6.45) is 5.33. The lowest BCUT2D eigenvalue weighted by molar-refractivity contribution is -0.0198. The van der Waals surface area contributed by atoms with E-state index in [0.29, 0.717) is 5.92 Å². The SMILES string of the molecule is COC(C(NN)C1CCCc2cccnc21)C(C)(C)C.